The number of hydrogen-bond donors (Lipinski definition) is 2. The molecule has 0 saturated carbocycles. The van der Waals surface area contributed by atoms with Crippen molar-refractivity contribution >= 4 is 24.4 Å². The number of hydrogen-bond acceptors (Lipinski definition) is 3. The number of amides is 2. The summed E-state index contributed by atoms with van der Waals surface area (Å²) in [4.78, 5) is 25.1. The summed E-state index contributed by atoms with van der Waals surface area (Å²) in [7, 11) is 0. The third-order valence-electron chi connectivity index (χ3n) is 3.18. The summed E-state index contributed by atoms with van der Waals surface area (Å²) in [5.41, 5.74) is 0. The molecule has 0 bridgehead atoms. The van der Waals surface area contributed by atoms with Crippen molar-refractivity contribution in [3.63, 3.8) is 0 Å². The molecule has 0 saturated heterocycles. The van der Waals surface area contributed by atoms with Gasteiger partial charge in [0.2, 0.25) is 11.8 Å². The van der Waals surface area contributed by atoms with Crippen LogP contribution in [0.4, 0.5) is 0 Å². The fraction of sp³-hybridized carbons (Fsp3) is 0.846. The van der Waals surface area contributed by atoms with Gasteiger partial charge in [-0.3, -0.25) is 9.59 Å². The molecule has 0 aromatic heterocycles. The van der Waals surface area contributed by atoms with Gasteiger partial charge in [0, 0.05) is 25.8 Å². The van der Waals surface area contributed by atoms with Crippen LogP contribution in [0.5, 0.6) is 0 Å². The lowest BCUT2D eigenvalue weighted by Crippen LogP contribution is -2.50. The number of nitrogens with one attached hydrogen (secondary N) is 1. The molecular formula is C13H26N2O2S. The lowest BCUT2D eigenvalue weighted by molar-refractivity contribution is -0.135. The third kappa shape index (κ3) is 5.76. The highest BCUT2D eigenvalue weighted by Gasteiger charge is 2.24. The molecule has 0 heterocycles. The zero-order valence-electron chi connectivity index (χ0n) is 11.9. The van der Waals surface area contributed by atoms with Crippen molar-refractivity contribution in [2.75, 3.05) is 18.8 Å². The summed E-state index contributed by atoms with van der Waals surface area (Å²) in [5.74, 6) is 0.625. The van der Waals surface area contributed by atoms with Gasteiger partial charge in [-0.15, -0.1) is 0 Å². The first-order valence-electron chi connectivity index (χ1n) is 6.66. The minimum absolute atomic E-state index is 0.0328. The minimum Gasteiger partial charge on any atom is -0.344 e. The largest absolute Gasteiger partial charge is 0.344 e. The van der Waals surface area contributed by atoms with Gasteiger partial charge in [-0.05, 0) is 12.8 Å². The minimum atomic E-state index is -0.514. The number of carbonyl (C=O) groups excluding carboxylic acids is 2. The molecule has 2 amide bonds. The second-order valence-electron chi connectivity index (χ2n) is 4.50. The third-order valence-corrected chi connectivity index (χ3v) is 3.55. The summed E-state index contributed by atoms with van der Waals surface area (Å²) in [5, 5.41) is 2.65. The van der Waals surface area contributed by atoms with Crippen LogP contribution in [-0.2, 0) is 9.59 Å². The first-order valence-corrected chi connectivity index (χ1v) is 7.29. The molecule has 0 aliphatic heterocycles. The Kier molecular flexibility index (Phi) is 8.89. The Morgan fingerprint density at radius 2 is 1.78 bits per heavy atom. The molecule has 0 aromatic carbocycles. The van der Waals surface area contributed by atoms with Gasteiger partial charge < -0.3 is 10.2 Å². The van der Waals surface area contributed by atoms with E-state index < -0.39 is 6.04 Å². The van der Waals surface area contributed by atoms with E-state index in [-0.39, 0.29) is 11.8 Å². The molecule has 1 atom stereocenters. The zero-order chi connectivity index (χ0) is 14.1. The molecule has 1 unspecified atom stereocenters. The Balaban J connectivity index is 4.61. The van der Waals surface area contributed by atoms with Crippen molar-refractivity contribution in [2.24, 2.45) is 5.92 Å². The highest BCUT2D eigenvalue weighted by atomic mass is 32.1. The number of rotatable bonds is 8. The highest BCUT2D eigenvalue weighted by Crippen LogP contribution is 2.11. The molecule has 0 radical (unpaired) electrons. The number of thiol groups is 1. The SMILES string of the molecule is CCC(CC)CN(CC)C(=O)C(CS)NC(C)=O. The van der Waals surface area contributed by atoms with Crippen LogP contribution in [-0.4, -0.2) is 41.6 Å². The van der Waals surface area contributed by atoms with E-state index in [1.54, 1.807) is 0 Å². The zero-order valence-corrected chi connectivity index (χ0v) is 12.8. The van der Waals surface area contributed by atoms with Crippen LogP contribution in [0.2, 0.25) is 0 Å². The second kappa shape index (κ2) is 9.25. The molecule has 0 aliphatic rings. The van der Waals surface area contributed by atoms with Gasteiger partial charge in [-0.25, -0.2) is 0 Å². The van der Waals surface area contributed by atoms with Crippen LogP contribution >= 0.6 is 12.6 Å². The van der Waals surface area contributed by atoms with Gasteiger partial charge in [0.1, 0.15) is 6.04 Å². The Labute approximate surface area is 116 Å². The Hall–Kier alpha value is -0.710. The number of nitrogens with zero attached hydrogens (tertiary/aromatic N) is 1. The van der Waals surface area contributed by atoms with Gasteiger partial charge in [-0.2, -0.15) is 12.6 Å². The van der Waals surface area contributed by atoms with Crippen LogP contribution in [0.3, 0.4) is 0 Å². The molecule has 0 aliphatic carbocycles. The van der Waals surface area contributed by atoms with Crippen molar-refractivity contribution < 1.29 is 9.59 Å². The normalized spacial score (nSPS) is 12.3. The molecule has 1 N–H and O–H groups in total. The first-order chi connectivity index (χ1) is 8.49. The number of likely N-dealkylation sites (N-methyl/N-ethyl adjacent to an activating group) is 1. The van der Waals surface area contributed by atoms with Crippen LogP contribution < -0.4 is 5.32 Å². The summed E-state index contributed by atoms with van der Waals surface area (Å²) in [6.07, 6.45) is 2.12. The molecule has 5 heteroatoms. The summed E-state index contributed by atoms with van der Waals surface area (Å²) < 4.78 is 0. The molecule has 0 rings (SSSR count). The molecule has 0 spiro atoms. The van der Waals surface area contributed by atoms with Crippen LogP contribution in [0.1, 0.15) is 40.5 Å². The van der Waals surface area contributed by atoms with E-state index in [1.807, 2.05) is 11.8 Å². The van der Waals surface area contributed by atoms with Crippen LogP contribution in [0, 0.1) is 5.92 Å². The average molecular weight is 274 g/mol. The second-order valence-corrected chi connectivity index (χ2v) is 4.86. The fourth-order valence-corrected chi connectivity index (χ4v) is 2.13. The van der Waals surface area contributed by atoms with E-state index in [4.69, 9.17) is 0 Å². The summed E-state index contributed by atoms with van der Waals surface area (Å²) in [6, 6.07) is -0.514. The van der Waals surface area contributed by atoms with E-state index in [0.29, 0.717) is 18.2 Å². The highest BCUT2D eigenvalue weighted by molar-refractivity contribution is 7.80. The Bertz CT molecular complexity index is 268. The molecule has 0 aromatic rings. The Morgan fingerprint density at radius 3 is 2.11 bits per heavy atom. The average Bonchev–Trinajstić information content (AvgIpc) is 2.36. The van der Waals surface area contributed by atoms with Crippen LogP contribution in [0.25, 0.3) is 0 Å². The van der Waals surface area contributed by atoms with Crippen molar-refractivity contribution in [1.82, 2.24) is 10.2 Å². The maximum Gasteiger partial charge on any atom is 0.245 e. The summed E-state index contributed by atoms with van der Waals surface area (Å²) in [6.45, 7) is 9.07. The maximum atomic E-state index is 12.3. The van der Waals surface area contributed by atoms with E-state index in [0.717, 1.165) is 19.4 Å². The van der Waals surface area contributed by atoms with Crippen LogP contribution in [0.15, 0.2) is 0 Å². The predicted octanol–water partition coefficient (Wildman–Crippen LogP) is 1.71. The summed E-state index contributed by atoms with van der Waals surface area (Å²) >= 11 is 4.14. The van der Waals surface area contributed by atoms with E-state index in [1.165, 1.54) is 6.92 Å². The van der Waals surface area contributed by atoms with Crippen molar-refractivity contribution in [1.29, 1.82) is 0 Å². The first kappa shape index (κ1) is 17.3. The van der Waals surface area contributed by atoms with E-state index in [2.05, 4.69) is 31.8 Å². The maximum absolute atomic E-state index is 12.3. The number of carbonyl (C=O) groups is 2. The molecule has 106 valence electrons. The van der Waals surface area contributed by atoms with E-state index >= 15 is 0 Å². The standard InChI is InChI=1S/C13H26N2O2S/c1-5-11(6-2)8-15(7-3)13(17)12(9-18)14-10(4)16/h11-12,18H,5-9H2,1-4H3,(H,14,16). The van der Waals surface area contributed by atoms with E-state index in [9.17, 15) is 9.59 Å². The predicted molar refractivity (Wildman–Crippen MR) is 77.8 cm³/mol. The van der Waals surface area contributed by atoms with Gasteiger partial charge in [0.15, 0.2) is 0 Å². The smallest absolute Gasteiger partial charge is 0.245 e. The molecular weight excluding hydrogens is 248 g/mol. The molecule has 0 fully saturated rings. The monoisotopic (exact) mass is 274 g/mol. The van der Waals surface area contributed by atoms with Crippen molar-refractivity contribution in [2.45, 2.75) is 46.6 Å². The van der Waals surface area contributed by atoms with Gasteiger partial charge >= 0.3 is 0 Å². The fourth-order valence-electron chi connectivity index (χ4n) is 1.88. The van der Waals surface area contributed by atoms with Crippen molar-refractivity contribution in [3.05, 3.63) is 0 Å². The van der Waals surface area contributed by atoms with Gasteiger partial charge in [0.05, 0.1) is 0 Å². The van der Waals surface area contributed by atoms with Gasteiger partial charge in [0.25, 0.3) is 0 Å². The lowest BCUT2D eigenvalue weighted by Gasteiger charge is -2.29. The topological polar surface area (TPSA) is 49.4 Å². The quantitative estimate of drug-likeness (QED) is 0.662. The van der Waals surface area contributed by atoms with Gasteiger partial charge in [-0.1, -0.05) is 26.7 Å². The molecule has 18 heavy (non-hydrogen) atoms. The Morgan fingerprint density at radius 1 is 1.22 bits per heavy atom. The lowest BCUT2D eigenvalue weighted by atomic mass is 10.0. The van der Waals surface area contributed by atoms with Crippen molar-refractivity contribution in [3.8, 4) is 0 Å². The molecule has 4 nitrogen and oxygen atoms in total.